The number of hydrogen-bond acceptors (Lipinski definition) is 5. The summed E-state index contributed by atoms with van der Waals surface area (Å²) >= 11 is 0. The van der Waals surface area contributed by atoms with Gasteiger partial charge in [0, 0.05) is 37.4 Å². The third kappa shape index (κ3) is 3.40. The van der Waals surface area contributed by atoms with E-state index < -0.39 is 0 Å². The highest BCUT2D eigenvalue weighted by molar-refractivity contribution is 5.11. The molecule has 2 N–H and O–H groups in total. The molecule has 0 amide bonds. The van der Waals surface area contributed by atoms with Crippen LogP contribution in [0, 0.1) is 5.92 Å². The predicted molar refractivity (Wildman–Crippen MR) is 81.0 cm³/mol. The highest BCUT2D eigenvalue weighted by Crippen LogP contribution is 2.33. The van der Waals surface area contributed by atoms with Gasteiger partial charge in [-0.3, -0.25) is 4.68 Å². The SMILES string of the molecule is CCn1cc(C2OCCC2CNCc2ccc(CO)o2)cn1. The van der Waals surface area contributed by atoms with Crippen LogP contribution in [0.4, 0.5) is 0 Å². The smallest absolute Gasteiger partial charge is 0.129 e. The third-order valence-corrected chi connectivity index (χ3v) is 4.10. The minimum atomic E-state index is -0.0556. The van der Waals surface area contributed by atoms with Gasteiger partial charge < -0.3 is 19.6 Å². The van der Waals surface area contributed by atoms with Crippen LogP contribution in [0.25, 0.3) is 0 Å². The van der Waals surface area contributed by atoms with E-state index in [0.717, 1.165) is 37.4 Å². The van der Waals surface area contributed by atoms with Gasteiger partial charge in [-0.1, -0.05) is 0 Å². The summed E-state index contributed by atoms with van der Waals surface area (Å²) in [6.45, 7) is 5.23. The molecule has 0 aliphatic carbocycles. The minimum Gasteiger partial charge on any atom is -0.462 e. The van der Waals surface area contributed by atoms with Crippen LogP contribution in [0.2, 0.25) is 0 Å². The fourth-order valence-electron chi connectivity index (χ4n) is 2.89. The van der Waals surface area contributed by atoms with Gasteiger partial charge in [0.05, 0.1) is 18.8 Å². The molecule has 6 heteroatoms. The largest absolute Gasteiger partial charge is 0.462 e. The van der Waals surface area contributed by atoms with Crippen LogP contribution in [0.3, 0.4) is 0 Å². The predicted octanol–water partition coefficient (Wildman–Crippen LogP) is 1.86. The summed E-state index contributed by atoms with van der Waals surface area (Å²) in [6, 6.07) is 3.70. The maximum Gasteiger partial charge on any atom is 0.129 e. The molecule has 1 saturated heterocycles. The number of nitrogens with zero attached hydrogens (tertiary/aromatic N) is 2. The number of aryl methyl sites for hydroxylation is 1. The van der Waals surface area contributed by atoms with Gasteiger partial charge in [0.25, 0.3) is 0 Å². The molecule has 6 nitrogen and oxygen atoms in total. The van der Waals surface area contributed by atoms with Gasteiger partial charge >= 0.3 is 0 Å². The van der Waals surface area contributed by atoms with Crippen molar-refractivity contribution in [3.8, 4) is 0 Å². The van der Waals surface area contributed by atoms with E-state index in [0.29, 0.717) is 18.2 Å². The number of rotatable bonds is 7. The first-order valence-electron chi connectivity index (χ1n) is 7.83. The minimum absolute atomic E-state index is 0.0556. The van der Waals surface area contributed by atoms with Crippen molar-refractivity contribution in [1.29, 1.82) is 0 Å². The molecule has 2 aromatic rings. The van der Waals surface area contributed by atoms with Crippen LogP contribution in [-0.2, 0) is 24.4 Å². The first-order valence-corrected chi connectivity index (χ1v) is 7.83. The van der Waals surface area contributed by atoms with Gasteiger partial charge in [-0.15, -0.1) is 0 Å². The topological polar surface area (TPSA) is 72.5 Å². The second-order valence-corrected chi connectivity index (χ2v) is 5.63. The summed E-state index contributed by atoms with van der Waals surface area (Å²) in [5, 5.41) is 16.7. The molecular weight excluding hydrogens is 282 g/mol. The standard InChI is InChI=1S/C16H23N3O3/c1-2-19-10-13(8-18-19)16-12(5-6-21-16)7-17-9-14-3-4-15(11-20)22-14/h3-4,8,10,12,16-17,20H,2,5-7,9,11H2,1H3. The number of nitrogens with one attached hydrogen (secondary N) is 1. The van der Waals surface area contributed by atoms with Crippen LogP contribution in [0.5, 0.6) is 0 Å². The maximum atomic E-state index is 8.99. The summed E-state index contributed by atoms with van der Waals surface area (Å²) in [4.78, 5) is 0. The van der Waals surface area contributed by atoms with E-state index in [1.165, 1.54) is 0 Å². The van der Waals surface area contributed by atoms with Crippen molar-refractivity contribution >= 4 is 0 Å². The number of furan rings is 1. The average Bonchev–Trinajstić information content (AvgIpc) is 3.27. The number of aliphatic hydroxyl groups is 1. The van der Waals surface area contributed by atoms with Crippen molar-refractivity contribution in [2.24, 2.45) is 5.92 Å². The average molecular weight is 305 g/mol. The van der Waals surface area contributed by atoms with E-state index in [4.69, 9.17) is 14.3 Å². The molecule has 1 aliphatic rings. The molecule has 0 saturated carbocycles. The monoisotopic (exact) mass is 305 g/mol. The van der Waals surface area contributed by atoms with E-state index in [9.17, 15) is 0 Å². The summed E-state index contributed by atoms with van der Waals surface area (Å²) in [6.07, 6.45) is 5.15. The molecule has 3 rings (SSSR count). The Morgan fingerprint density at radius 1 is 1.41 bits per heavy atom. The van der Waals surface area contributed by atoms with Crippen LogP contribution >= 0.6 is 0 Å². The molecule has 2 unspecified atom stereocenters. The Bertz CT molecular complexity index is 593. The van der Waals surface area contributed by atoms with Gasteiger partial charge in [0.1, 0.15) is 18.1 Å². The zero-order chi connectivity index (χ0) is 15.4. The molecule has 1 aliphatic heterocycles. The molecule has 120 valence electrons. The van der Waals surface area contributed by atoms with Crippen molar-refractivity contribution in [3.63, 3.8) is 0 Å². The quantitative estimate of drug-likeness (QED) is 0.817. The number of ether oxygens (including phenoxy) is 1. The lowest BCUT2D eigenvalue weighted by Crippen LogP contribution is -2.24. The van der Waals surface area contributed by atoms with Crippen molar-refractivity contribution in [3.05, 3.63) is 41.6 Å². The molecule has 2 aromatic heterocycles. The Labute approximate surface area is 130 Å². The van der Waals surface area contributed by atoms with Gasteiger partial charge in [-0.2, -0.15) is 5.10 Å². The molecule has 3 heterocycles. The maximum absolute atomic E-state index is 8.99. The van der Waals surface area contributed by atoms with E-state index in [2.05, 4.69) is 23.5 Å². The number of aliphatic hydroxyl groups excluding tert-OH is 1. The molecule has 0 bridgehead atoms. The number of hydrogen-bond donors (Lipinski definition) is 2. The van der Waals surface area contributed by atoms with Gasteiger partial charge in [-0.25, -0.2) is 0 Å². The van der Waals surface area contributed by atoms with Crippen molar-refractivity contribution < 1.29 is 14.3 Å². The lowest BCUT2D eigenvalue weighted by Gasteiger charge is -2.17. The van der Waals surface area contributed by atoms with Gasteiger partial charge in [0.15, 0.2) is 0 Å². The Hall–Kier alpha value is -1.63. The molecule has 0 spiro atoms. The van der Waals surface area contributed by atoms with Crippen molar-refractivity contribution in [2.75, 3.05) is 13.2 Å². The van der Waals surface area contributed by atoms with E-state index >= 15 is 0 Å². The Morgan fingerprint density at radius 3 is 3.00 bits per heavy atom. The first-order chi connectivity index (χ1) is 10.8. The fourth-order valence-corrected chi connectivity index (χ4v) is 2.89. The highest BCUT2D eigenvalue weighted by Gasteiger charge is 2.30. The molecule has 1 fully saturated rings. The summed E-state index contributed by atoms with van der Waals surface area (Å²) in [5.41, 5.74) is 1.16. The normalized spacial score (nSPS) is 21.5. The Kier molecular flexibility index (Phi) is 4.92. The van der Waals surface area contributed by atoms with Crippen LogP contribution in [-0.4, -0.2) is 28.0 Å². The highest BCUT2D eigenvalue weighted by atomic mass is 16.5. The molecular formula is C16H23N3O3. The van der Waals surface area contributed by atoms with Crippen molar-refractivity contribution in [1.82, 2.24) is 15.1 Å². The summed E-state index contributed by atoms with van der Waals surface area (Å²) in [5.74, 6) is 1.89. The second-order valence-electron chi connectivity index (χ2n) is 5.63. The fraction of sp³-hybridized carbons (Fsp3) is 0.562. The third-order valence-electron chi connectivity index (χ3n) is 4.10. The van der Waals surface area contributed by atoms with Crippen LogP contribution in [0.1, 0.15) is 36.5 Å². The molecule has 0 radical (unpaired) electrons. The number of aromatic nitrogens is 2. The van der Waals surface area contributed by atoms with Gasteiger partial charge in [0.2, 0.25) is 0 Å². The Morgan fingerprint density at radius 2 is 2.27 bits per heavy atom. The second kappa shape index (κ2) is 7.09. The van der Waals surface area contributed by atoms with Crippen LogP contribution in [0.15, 0.2) is 28.9 Å². The molecule has 2 atom stereocenters. The van der Waals surface area contributed by atoms with E-state index in [1.54, 1.807) is 6.07 Å². The van der Waals surface area contributed by atoms with E-state index in [1.807, 2.05) is 16.9 Å². The Balaban J connectivity index is 1.52. The van der Waals surface area contributed by atoms with Crippen molar-refractivity contribution in [2.45, 2.75) is 39.1 Å². The lowest BCUT2D eigenvalue weighted by atomic mass is 9.97. The summed E-state index contributed by atoms with van der Waals surface area (Å²) < 4.78 is 13.3. The zero-order valence-electron chi connectivity index (χ0n) is 12.9. The lowest BCUT2D eigenvalue weighted by molar-refractivity contribution is 0.0902. The first kappa shape index (κ1) is 15.3. The molecule has 22 heavy (non-hydrogen) atoms. The van der Waals surface area contributed by atoms with E-state index in [-0.39, 0.29) is 12.7 Å². The van der Waals surface area contributed by atoms with Gasteiger partial charge in [-0.05, 0) is 25.5 Å². The zero-order valence-corrected chi connectivity index (χ0v) is 12.9. The molecule has 0 aromatic carbocycles. The van der Waals surface area contributed by atoms with Crippen LogP contribution < -0.4 is 5.32 Å². The summed E-state index contributed by atoms with van der Waals surface area (Å²) in [7, 11) is 0.